The zero-order chi connectivity index (χ0) is 13.6. The highest BCUT2D eigenvalue weighted by Gasteiger charge is 2.05. The number of nitrogens with zero attached hydrogens (tertiary/aromatic N) is 4. The van der Waals surface area contributed by atoms with E-state index in [4.69, 9.17) is 0 Å². The van der Waals surface area contributed by atoms with Crippen molar-refractivity contribution in [2.75, 3.05) is 0 Å². The second-order valence-corrected chi connectivity index (χ2v) is 4.13. The summed E-state index contributed by atoms with van der Waals surface area (Å²) in [5.74, 6) is 0.648. The van der Waals surface area contributed by atoms with E-state index in [2.05, 4.69) is 20.2 Å². The molecule has 0 saturated heterocycles. The van der Waals surface area contributed by atoms with Crippen molar-refractivity contribution in [2.24, 2.45) is 10.2 Å². The molecule has 0 spiro atoms. The molecule has 4 nitrogen and oxygen atoms in total. The first-order valence-corrected chi connectivity index (χ1v) is 6.27. The van der Waals surface area contributed by atoms with Gasteiger partial charge in [0.05, 0.1) is 11.4 Å². The van der Waals surface area contributed by atoms with Crippen LogP contribution in [0.3, 0.4) is 0 Å². The molecular weight excluding hydrogens is 248 g/mol. The molecule has 2 aromatic carbocycles. The van der Waals surface area contributed by atoms with Crippen molar-refractivity contribution in [3.63, 3.8) is 0 Å². The monoisotopic (exact) mass is 260 g/mol. The van der Waals surface area contributed by atoms with Crippen LogP contribution in [0.5, 0.6) is 0 Å². The molecule has 0 N–H and O–H groups in total. The zero-order valence-corrected chi connectivity index (χ0v) is 10.7. The lowest BCUT2D eigenvalue weighted by molar-refractivity contribution is 1.16. The van der Waals surface area contributed by atoms with Crippen molar-refractivity contribution in [1.29, 1.82) is 0 Å². The predicted octanol–water partition coefficient (Wildman–Crippen LogP) is 4.56. The third-order valence-corrected chi connectivity index (χ3v) is 2.74. The lowest BCUT2D eigenvalue weighted by atomic mass is 10.1. The first-order valence-electron chi connectivity index (χ1n) is 6.27. The molecule has 0 bridgehead atoms. The fourth-order valence-corrected chi connectivity index (χ4v) is 1.79. The van der Waals surface area contributed by atoms with Crippen LogP contribution in [0.2, 0.25) is 0 Å². The van der Waals surface area contributed by atoms with Crippen molar-refractivity contribution in [3.8, 4) is 11.4 Å². The number of aromatic nitrogens is 2. The Kier molecular flexibility index (Phi) is 3.55. The molecule has 20 heavy (non-hydrogen) atoms. The average Bonchev–Trinajstić information content (AvgIpc) is 2.55. The molecule has 0 atom stereocenters. The van der Waals surface area contributed by atoms with Gasteiger partial charge in [-0.05, 0) is 30.3 Å². The minimum atomic E-state index is 0.648. The number of azo groups is 1. The minimum absolute atomic E-state index is 0.648. The Labute approximate surface area is 116 Å². The van der Waals surface area contributed by atoms with Crippen molar-refractivity contribution >= 4 is 11.4 Å². The number of benzene rings is 2. The molecule has 4 heteroatoms. The molecule has 0 unspecified atom stereocenters. The topological polar surface area (TPSA) is 50.5 Å². The Hall–Kier alpha value is -2.88. The summed E-state index contributed by atoms with van der Waals surface area (Å²) in [4.78, 5) is 8.50. The van der Waals surface area contributed by atoms with Crippen molar-refractivity contribution in [1.82, 2.24) is 9.97 Å². The maximum Gasteiger partial charge on any atom is 0.161 e. The molecule has 0 aliphatic heterocycles. The van der Waals surface area contributed by atoms with Crippen molar-refractivity contribution < 1.29 is 0 Å². The zero-order valence-electron chi connectivity index (χ0n) is 10.7. The third kappa shape index (κ3) is 2.75. The van der Waals surface area contributed by atoms with Gasteiger partial charge in [-0.1, -0.05) is 30.3 Å². The number of rotatable bonds is 3. The van der Waals surface area contributed by atoms with Crippen LogP contribution >= 0.6 is 0 Å². The molecule has 0 radical (unpaired) electrons. The second kappa shape index (κ2) is 5.84. The van der Waals surface area contributed by atoms with E-state index in [0.29, 0.717) is 5.82 Å². The fourth-order valence-electron chi connectivity index (χ4n) is 1.79. The average molecular weight is 260 g/mol. The van der Waals surface area contributed by atoms with Gasteiger partial charge in [0.1, 0.15) is 0 Å². The third-order valence-electron chi connectivity index (χ3n) is 2.74. The summed E-state index contributed by atoms with van der Waals surface area (Å²) in [5, 5.41) is 8.53. The highest BCUT2D eigenvalue weighted by atomic mass is 15.1. The molecule has 0 amide bonds. The summed E-state index contributed by atoms with van der Waals surface area (Å²) < 4.78 is 0. The van der Waals surface area contributed by atoms with E-state index >= 15 is 0 Å². The maximum atomic E-state index is 4.30. The normalized spacial score (nSPS) is 10.8. The predicted molar refractivity (Wildman–Crippen MR) is 78.1 cm³/mol. The lowest BCUT2D eigenvalue weighted by Gasteiger charge is -2.02. The van der Waals surface area contributed by atoms with Gasteiger partial charge in [0.25, 0.3) is 0 Å². The Morgan fingerprint density at radius 2 is 1.35 bits per heavy atom. The largest absolute Gasteiger partial charge is 0.237 e. The van der Waals surface area contributed by atoms with Gasteiger partial charge in [-0.15, -0.1) is 5.11 Å². The van der Waals surface area contributed by atoms with Crippen LogP contribution < -0.4 is 0 Å². The van der Waals surface area contributed by atoms with E-state index in [9.17, 15) is 0 Å². The van der Waals surface area contributed by atoms with Gasteiger partial charge < -0.3 is 0 Å². The van der Waals surface area contributed by atoms with Crippen molar-refractivity contribution in [2.45, 2.75) is 0 Å². The smallest absolute Gasteiger partial charge is 0.161 e. The highest BCUT2D eigenvalue weighted by molar-refractivity contribution is 5.70. The van der Waals surface area contributed by atoms with Gasteiger partial charge in [0.15, 0.2) is 5.82 Å². The second-order valence-electron chi connectivity index (χ2n) is 4.13. The van der Waals surface area contributed by atoms with E-state index in [1.165, 1.54) is 0 Å². The van der Waals surface area contributed by atoms with Gasteiger partial charge >= 0.3 is 0 Å². The lowest BCUT2D eigenvalue weighted by Crippen LogP contribution is -1.86. The summed E-state index contributed by atoms with van der Waals surface area (Å²) >= 11 is 0. The minimum Gasteiger partial charge on any atom is -0.237 e. The summed E-state index contributed by atoms with van der Waals surface area (Å²) in [6, 6.07) is 19.1. The first kappa shape index (κ1) is 12.2. The standard InChI is InChI=1S/C16H12N4/c1-2-7-13(8-3-1)19-20-15-10-5-4-9-14(15)16-17-11-6-12-18-16/h1-12H. The highest BCUT2D eigenvalue weighted by Crippen LogP contribution is 2.28. The molecule has 3 aromatic rings. The van der Waals surface area contributed by atoms with Crippen molar-refractivity contribution in [3.05, 3.63) is 73.1 Å². The summed E-state index contributed by atoms with van der Waals surface area (Å²) in [6.45, 7) is 0. The molecule has 1 aromatic heterocycles. The van der Waals surface area contributed by atoms with E-state index in [1.807, 2.05) is 54.6 Å². The van der Waals surface area contributed by atoms with E-state index in [0.717, 1.165) is 16.9 Å². The molecule has 1 heterocycles. The Balaban J connectivity index is 1.97. The molecule has 0 aliphatic carbocycles. The van der Waals surface area contributed by atoms with Gasteiger partial charge in [-0.3, -0.25) is 0 Å². The fraction of sp³-hybridized carbons (Fsp3) is 0. The van der Waals surface area contributed by atoms with E-state index in [1.54, 1.807) is 18.5 Å². The van der Waals surface area contributed by atoms with Crippen LogP contribution in [-0.2, 0) is 0 Å². The molecular formula is C16H12N4. The molecule has 0 fully saturated rings. The summed E-state index contributed by atoms with van der Waals surface area (Å²) in [6.07, 6.45) is 3.43. The Morgan fingerprint density at radius 3 is 2.15 bits per heavy atom. The first-order chi connectivity index (χ1) is 9.93. The van der Waals surface area contributed by atoms with E-state index < -0.39 is 0 Å². The summed E-state index contributed by atoms with van der Waals surface area (Å²) in [7, 11) is 0. The van der Waals surface area contributed by atoms with Gasteiger partial charge in [-0.25, -0.2) is 9.97 Å². The van der Waals surface area contributed by atoms with Gasteiger partial charge in [0.2, 0.25) is 0 Å². The van der Waals surface area contributed by atoms with E-state index in [-0.39, 0.29) is 0 Å². The van der Waals surface area contributed by atoms with Crippen LogP contribution in [0.4, 0.5) is 11.4 Å². The molecule has 0 saturated carbocycles. The number of hydrogen-bond donors (Lipinski definition) is 0. The van der Waals surface area contributed by atoms with Crippen LogP contribution in [-0.4, -0.2) is 9.97 Å². The quantitative estimate of drug-likeness (QED) is 0.648. The Bertz CT molecular complexity index is 709. The maximum absolute atomic E-state index is 4.30. The SMILES string of the molecule is c1ccc(N=Nc2ccccc2-c2ncccn2)cc1. The van der Waals surface area contributed by atoms with Crippen LogP contribution in [0.1, 0.15) is 0 Å². The molecule has 0 aliphatic rings. The number of hydrogen-bond acceptors (Lipinski definition) is 4. The molecule has 96 valence electrons. The van der Waals surface area contributed by atoms with Gasteiger partial charge in [0, 0.05) is 18.0 Å². The van der Waals surface area contributed by atoms with Crippen LogP contribution in [0.15, 0.2) is 83.3 Å². The molecule has 3 rings (SSSR count). The van der Waals surface area contributed by atoms with Crippen LogP contribution in [0, 0.1) is 0 Å². The van der Waals surface area contributed by atoms with Gasteiger partial charge in [-0.2, -0.15) is 5.11 Å². The summed E-state index contributed by atoms with van der Waals surface area (Å²) in [5.41, 5.74) is 2.44. The van der Waals surface area contributed by atoms with Crippen LogP contribution in [0.25, 0.3) is 11.4 Å². The Morgan fingerprint density at radius 1 is 0.650 bits per heavy atom.